The predicted octanol–water partition coefficient (Wildman–Crippen LogP) is 2.66. The predicted molar refractivity (Wildman–Crippen MR) is 77.6 cm³/mol. The average molecular weight is 276 g/mol. The van der Waals surface area contributed by atoms with Crippen molar-refractivity contribution in [1.82, 2.24) is 0 Å². The largest absolute Gasteiger partial charge is 0.478 e. The van der Waals surface area contributed by atoms with Crippen molar-refractivity contribution in [3.8, 4) is 0 Å². The number of carboxylic acids is 2. The Labute approximate surface area is 117 Å². The summed E-state index contributed by atoms with van der Waals surface area (Å²) in [6.07, 6.45) is 4.34. The molecule has 20 heavy (non-hydrogen) atoms. The maximum absolute atomic E-state index is 10.4. The van der Waals surface area contributed by atoms with Gasteiger partial charge >= 0.3 is 11.9 Å². The SMILES string of the molecule is C=CC(=O)O.C=CC=O.C=Cc1ccc(C(=O)O)cc1. The number of benzene rings is 1. The number of carbonyl (C=O) groups is 3. The number of aldehydes is 1. The normalized spacial score (nSPS) is 7.60. The number of aliphatic carboxylic acids is 1. The number of allylic oxidation sites excluding steroid dienone is 1. The first kappa shape index (κ1) is 19.4. The Morgan fingerprint density at radius 1 is 1.00 bits per heavy atom. The molecule has 2 N–H and O–H groups in total. The summed E-state index contributed by atoms with van der Waals surface area (Å²) in [5.41, 5.74) is 1.23. The quantitative estimate of drug-likeness (QED) is 0.651. The van der Waals surface area contributed by atoms with E-state index in [1.54, 1.807) is 30.3 Å². The van der Waals surface area contributed by atoms with Crippen LogP contribution in [0.1, 0.15) is 15.9 Å². The van der Waals surface area contributed by atoms with Crippen LogP contribution in [0, 0.1) is 0 Å². The average Bonchev–Trinajstić information content (AvgIpc) is 2.48. The lowest BCUT2D eigenvalue weighted by Gasteiger charge is -1.93. The Kier molecular flexibility index (Phi) is 12.1. The van der Waals surface area contributed by atoms with E-state index in [-0.39, 0.29) is 0 Å². The molecule has 0 aromatic heterocycles. The van der Waals surface area contributed by atoms with Gasteiger partial charge in [0.25, 0.3) is 0 Å². The second-order valence-corrected chi connectivity index (χ2v) is 3.05. The Hall–Kier alpha value is -2.95. The van der Waals surface area contributed by atoms with Crippen LogP contribution in [0.5, 0.6) is 0 Å². The van der Waals surface area contributed by atoms with E-state index in [9.17, 15) is 9.59 Å². The van der Waals surface area contributed by atoms with E-state index in [0.717, 1.165) is 11.6 Å². The Morgan fingerprint density at radius 3 is 1.60 bits per heavy atom. The molecule has 5 nitrogen and oxygen atoms in total. The van der Waals surface area contributed by atoms with E-state index in [1.165, 1.54) is 6.08 Å². The van der Waals surface area contributed by atoms with E-state index in [2.05, 4.69) is 19.7 Å². The molecule has 0 saturated heterocycles. The minimum Gasteiger partial charge on any atom is -0.478 e. The molecular weight excluding hydrogens is 260 g/mol. The molecule has 0 spiro atoms. The summed E-state index contributed by atoms with van der Waals surface area (Å²) in [6.45, 7) is 9.63. The fourth-order valence-corrected chi connectivity index (χ4v) is 0.762. The molecule has 0 heterocycles. The number of carbonyl (C=O) groups excluding carboxylic acids is 1. The standard InChI is InChI=1S/C9H8O2.C3H4O2.C3H4O/c1-2-7-3-5-8(6-4-7)9(10)11;1-2-3(4)5;1-2-3-4/h2-6H,1H2,(H,10,11);2H,1H2,(H,4,5);2-3H,1H2. The first-order chi connectivity index (χ1) is 9.42. The van der Waals surface area contributed by atoms with Gasteiger partial charge in [-0.1, -0.05) is 37.9 Å². The smallest absolute Gasteiger partial charge is 0.335 e. The first-order valence-corrected chi connectivity index (χ1v) is 5.30. The molecule has 0 aliphatic carbocycles. The third-order valence-corrected chi connectivity index (χ3v) is 1.66. The van der Waals surface area contributed by atoms with Crippen molar-refractivity contribution < 1.29 is 24.6 Å². The zero-order chi connectivity index (χ0) is 16.0. The van der Waals surface area contributed by atoms with Gasteiger partial charge in [0.2, 0.25) is 0 Å². The van der Waals surface area contributed by atoms with Crippen LogP contribution >= 0.6 is 0 Å². The first-order valence-electron chi connectivity index (χ1n) is 5.30. The molecule has 0 aliphatic heterocycles. The molecule has 1 rings (SSSR count). The molecule has 0 atom stereocenters. The molecule has 0 aliphatic rings. The summed E-state index contributed by atoms with van der Waals surface area (Å²) >= 11 is 0. The van der Waals surface area contributed by atoms with Gasteiger partial charge < -0.3 is 10.2 Å². The fraction of sp³-hybridized carbons (Fsp3) is 0. The molecule has 106 valence electrons. The van der Waals surface area contributed by atoms with Crippen LogP contribution in [-0.2, 0) is 9.59 Å². The van der Waals surface area contributed by atoms with Crippen molar-refractivity contribution in [1.29, 1.82) is 0 Å². The van der Waals surface area contributed by atoms with Crippen LogP contribution in [-0.4, -0.2) is 28.4 Å². The Balaban J connectivity index is 0. The van der Waals surface area contributed by atoms with Crippen molar-refractivity contribution >= 4 is 24.3 Å². The highest BCUT2D eigenvalue weighted by atomic mass is 16.4. The van der Waals surface area contributed by atoms with E-state index in [1.807, 2.05) is 0 Å². The second-order valence-electron chi connectivity index (χ2n) is 3.05. The zero-order valence-electron chi connectivity index (χ0n) is 10.9. The van der Waals surface area contributed by atoms with Gasteiger partial charge in [0.15, 0.2) is 0 Å². The Bertz CT molecular complexity index is 466. The molecule has 0 fully saturated rings. The van der Waals surface area contributed by atoms with Crippen molar-refractivity contribution in [2.24, 2.45) is 0 Å². The fourth-order valence-electron chi connectivity index (χ4n) is 0.762. The molecule has 0 unspecified atom stereocenters. The monoisotopic (exact) mass is 276 g/mol. The van der Waals surface area contributed by atoms with Crippen LogP contribution in [0.2, 0.25) is 0 Å². The lowest BCUT2D eigenvalue weighted by atomic mass is 10.1. The number of aromatic carboxylic acids is 1. The topological polar surface area (TPSA) is 91.7 Å². The molecule has 0 amide bonds. The third-order valence-electron chi connectivity index (χ3n) is 1.66. The van der Waals surface area contributed by atoms with Crippen molar-refractivity contribution in [2.45, 2.75) is 0 Å². The van der Waals surface area contributed by atoms with Crippen molar-refractivity contribution in [3.63, 3.8) is 0 Å². The molecule has 1 aromatic carbocycles. The van der Waals surface area contributed by atoms with E-state index in [4.69, 9.17) is 15.0 Å². The lowest BCUT2D eigenvalue weighted by molar-refractivity contribution is -0.131. The number of hydrogen-bond acceptors (Lipinski definition) is 3. The minimum absolute atomic E-state index is 0.301. The van der Waals surface area contributed by atoms with E-state index < -0.39 is 11.9 Å². The maximum atomic E-state index is 10.4. The van der Waals surface area contributed by atoms with Crippen LogP contribution in [0.4, 0.5) is 0 Å². The van der Waals surface area contributed by atoms with Crippen LogP contribution < -0.4 is 0 Å². The summed E-state index contributed by atoms with van der Waals surface area (Å²) < 4.78 is 0. The van der Waals surface area contributed by atoms with Gasteiger partial charge in [0.05, 0.1) is 5.56 Å². The highest BCUT2D eigenvalue weighted by Crippen LogP contribution is 2.04. The van der Waals surface area contributed by atoms with Crippen LogP contribution in [0.15, 0.2) is 56.2 Å². The minimum atomic E-state index is -0.981. The number of hydrogen-bond donors (Lipinski definition) is 2. The van der Waals surface area contributed by atoms with Crippen molar-refractivity contribution in [3.05, 3.63) is 67.3 Å². The van der Waals surface area contributed by atoms with E-state index >= 15 is 0 Å². The van der Waals surface area contributed by atoms with Gasteiger partial charge in [0, 0.05) is 6.08 Å². The summed E-state index contributed by atoms with van der Waals surface area (Å²) in [5.74, 6) is -1.88. The summed E-state index contributed by atoms with van der Waals surface area (Å²) in [7, 11) is 0. The molecule has 5 heteroatoms. The number of rotatable bonds is 4. The maximum Gasteiger partial charge on any atom is 0.335 e. The van der Waals surface area contributed by atoms with Gasteiger partial charge in [-0.2, -0.15) is 0 Å². The van der Waals surface area contributed by atoms with Gasteiger partial charge in [-0.15, -0.1) is 0 Å². The van der Waals surface area contributed by atoms with Gasteiger partial charge in [-0.25, -0.2) is 9.59 Å². The zero-order valence-corrected chi connectivity index (χ0v) is 10.9. The highest BCUT2D eigenvalue weighted by Gasteiger charge is 1.99. The Morgan fingerprint density at radius 2 is 1.40 bits per heavy atom. The van der Waals surface area contributed by atoms with Gasteiger partial charge in [0.1, 0.15) is 6.29 Å². The molecule has 0 saturated carbocycles. The highest BCUT2D eigenvalue weighted by molar-refractivity contribution is 5.87. The van der Waals surface area contributed by atoms with Crippen LogP contribution in [0.25, 0.3) is 6.08 Å². The summed E-state index contributed by atoms with van der Waals surface area (Å²) in [6, 6.07) is 6.55. The molecular formula is C15H16O5. The number of carboxylic acid groups (broad SMARTS) is 2. The molecule has 0 radical (unpaired) electrons. The third kappa shape index (κ3) is 11.5. The molecule has 0 bridgehead atoms. The van der Waals surface area contributed by atoms with Gasteiger partial charge in [-0.3, -0.25) is 4.79 Å². The summed E-state index contributed by atoms with van der Waals surface area (Å²) in [5, 5.41) is 16.1. The van der Waals surface area contributed by atoms with Crippen LogP contribution in [0.3, 0.4) is 0 Å². The van der Waals surface area contributed by atoms with Gasteiger partial charge in [-0.05, 0) is 23.8 Å². The van der Waals surface area contributed by atoms with Crippen molar-refractivity contribution in [2.75, 3.05) is 0 Å². The van der Waals surface area contributed by atoms with E-state index in [0.29, 0.717) is 11.8 Å². The summed E-state index contributed by atoms with van der Waals surface area (Å²) in [4.78, 5) is 28.7. The molecule has 1 aromatic rings. The second kappa shape index (κ2) is 12.5. The lowest BCUT2D eigenvalue weighted by Crippen LogP contribution is -1.94.